The maximum Gasteiger partial charge on any atom is 0.253 e. The van der Waals surface area contributed by atoms with Crippen LogP contribution in [0.3, 0.4) is 0 Å². The first kappa shape index (κ1) is 29.7. The van der Waals surface area contributed by atoms with Crippen LogP contribution in [-0.2, 0) is 11.2 Å². The third-order valence-electron chi connectivity index (χ3n) is 8.75. The molecular formula is C33H41ClN6O3. The van der Waals surface area contributed by atoms with Crippen LogP contribution in [0.1, 0.15) is 60.8 Å². The Morgan fingerprint density at radius 1 is 1.07 bits per heavy atom. The SMILES string of the molecule is CCOc1cc(N2CCC(N3CCOCC3)CC2)ccc1Cc1ncc(Cl)c(Nc2ccccc2C(=O)NC2CCC2)n1. The van der Waals surface area contributed by atoms with E-state index >= 15 is 0 Å². The van der Waals surface area contributed by atoms with Crippen molar-refractivity contribution in [3.8, 4) is 5.75 Å². The van der Waals surface area contributed by atoms with Crippen LogP contribution >= 0.6 is 11.6 Å². The number of halogens is 1. The summed E-state index contributed by atoms with van der Waals surface area (Å²) in [5.74, 6) is 1.84. The highest BCUT2D eigenvalue weighted by Gasteiger charge is 2.26. The zero-order valence-electron chi connectivity index (χ0n) is 24.9. The molecule has 0 atom stereocenters. The summed E-state index contributed by atoms with van der Waals surface area (Å²) in [5.41, 5.74) is 3.42. The van der Waals surface area contributed by atoms with Gasteiger partial charge >= 0.3 is 0 Å². The number of ether oxygens (including phenoxy) is 2. The number of amides is 1. The molecule has 2 aliphatic heterocycles. The highest BCUT2D eigenvalue weighted by molar-refractivity contribution is 6.32. The zero-order chi connectivity index (χ0) is 29.6. The topological polar surface area (TPSA) is 91.9 Å². The van der Waals surface area contributed by atoms with Crippen LogP contribution in [0.15, 0.2) is 48.7 Å². The van der Waals surface area contributed by atoms with Crippen molar-refractivity contribution in [1.29, 1.82) is 0 Å². The molecule has 3 heterocycles. The highest BCUT2D eigenvalue weighted by atomic mass is 35.5. The van der Waals surface area contributed by atoms with Gasteiger partial charge in [-0.1, -0.05) is 29.8 Å². The molecule has 1 aliphatic carbocycles. The van der Waals surface area contributed by atoms with Gasteiger partial charge in [0, 0.05) is 62.0 Å². The lowest BCUT2D eigenvalue weighted by molar-refractivity contribution is 0.0115. The molecule has 2 aromatic carbocycles. The minimum atomic E-state index is -0.0926. The molecule has 228 valence electrons. The smallest absolute Gasteiger partial charge is 0.253 e. The molecule has 0 bridgehead atoms. The minimum Gasteiger partial charge on any atom is -0.494 e. The van der Waals surface area contributed by atoms with Gasteiger partial charge in [0.2, 0.25) is 0 Å². The molecule has 10 heteroatoms. The summed E-state index contributed by atoms with van der Waals surface area (Å²) in [7, 11) is 0. The molecule has 0 spiro atoms. The first-order valence-corrected chi connectivity index (χ1v) is 16.0. The molecule has 3 aromatic rings. The Morgan fingerprint density at radius 3 is 2.60 bits per heavy atom. The van der Waals surface area contributed by atoms with Gasteiger partial charge in [0.1, 0.15) is 16.6 Å². The molecule has 2 N–H and O–H groups in total. The van der Waals surface area contributed by atoms with E-state index in [0.29, 0.717) is 47.0 Å². The fraction of sp³-hybridized carbons (Fsp3) is 0.485. The molecule has 43 heavy (non-hydrogen) atoms. The van der Waals surface area contributed by atoms with E-state index < -0.39 is 0 Å². The number of rotatable bonds is 10. The van der Waals surface area contributed by atoms with Gasteiger partial charge in [-0.15, -0.1) is 0 Å². The molecule has 9 nitrogen and oxygen atoms in total. The van der Waals surface area contributed by atoms with E-state index in [9.17, 15) is 4.79 Å². The average Bonchev–Trinajstić information content (AvgIpc) is 3.02. The van der Waals surface area contributed by atoms with E-state index in [1.54, 1.807) is 6.20 Å². The predicted molar refractivity (Wildman–Crippen MR) is 170 cm³/mol. The number of aromatic nitrogens is 2. The second-order valence-corrected chi connectivity index (χ2v) is 11.9. The van der Waals surface area contributed by atoms with Crippen molar-refractivity contribution in [2.75, 3.05) is 56.2 Å². The lowest BCUT2D eigenvalue weighted by atomic mass is 9.93. The molecule has 0 unspecified atom stereocenters. The van der Waals surface area contributed by atoms with E-state index in [4.69, 9.17) is 26.1 Å². The number of carbonyl (C=O) groups is 1. The second-order valence-electron chi connectivity index (χ2n) is 11.5. The zero-order valence-corrected chi connectivity index (χ0v) is 25.6. The summed E-state index contributed by atoms with van der Waals surface area (Å²) in [6, 6.07) is 14.8. The third-order valence-corrected chi connectivity index (χ3v) is 9.03. The predicted octanol–water partition coefficient (Wildman–Crippen LogP) is 5.45. The van der Waals surface area contributed by atoms with Gasteiger partial charge in [-0.2, -0.15) is 0 Å². The van der Waals surface area contributed by atoms with Gasteiger partial charge in [-0.3, -0.25) is 9.69 Å². The maximum absolute atomic E-state index is 12.9. The molecule has 3 fully saturated rings. The second kappa shape index (κ2) is 13.9. The first-order valence-electron chi connectivity index (χ1n) is 15.6. The van der Waals surface area contributed by atoms with Crippen LogP contribution in [0, 0.1) is 0 Å². The van der Waals surface area contributed by atoms with E-state index in [0.717, 1.165) is 82.8 Å². The van der Waals surface area contributed by atoms with Gasteiger partial charge in [-0.25, -0.2) is 9.97 Å². The largest absolute Gasteiger partial charge is 0.494 e. The van der Waals surface area contributed by atoms with Crippen LogP contribution < -0.4 is 20.3 Å². The number of morpholine rings is 1. The Balaban J connectivity index is 1.14. The van der Waals surface area contributed by atoms with E-state index in [2.05, 4.69) is 43.6 Å². The van der Waals surface area contributed by atoms with Gasteiger partial charge in [-0.05, 0) is 57.2 Å². The Kier molecular flexibility index (Phi) is 9.61. The number of nitrogens with zero attached hydrogens (tertiary/aromatic N) is 4. The van der Waals surface area contributed by atoms with Crippen molar-refractivity contribution >= 4 is 34.7 Å². The molecule has 1 saturated carbocycles. The lowest BCUT2D eigenvalue weighted by Crippen LogP contribution is -2.49. The van der Waals surface area contributed by atoms with Gasteiger partial charge < -0.3 is 25.0 Å². The number of benzene rings is 2. The molecule has 3 aliphatic rings. The quantitative estimate of drug-likeness (QED) is 0.316. The van der Waals surface area contributed by atoms with Crippen LogP contribution in [0.5, 0.6) is 5.75 Å². The fourth-order valence-corrected chi connectivity index (χ4v) is 6.23. The molecule has 2 saturated heterocycles. The summed E-state index contributed by atoms with van der Waals surface area (Å²) in [6.07, 6.45) is 7.63. The summed E-state index contributed by atoms with van der Waals surface area (Å²) >= 11 is 6.52. The Morgan fingerprint density at radius 2 is 1.86 bits per heavy atom. The summed E-state index contributed by atoms with van der Waals surface area (Å²) in [4.78, 5) is 27.3. The maximum atomic E-state index is 12.9. The van der Waals surface area contributed by atoms with Crippen molar-refractivity contribution in [1.82, 2.24) is 20.2 Å². The van der Waals surface area contributed by atoms with Crippen LogP contribution in [0.4, 0.5) is 17.2 Å². The van der Waals surface area contributed by atoms with Crippen LogP contribution in [-0.4, -0.2) is 78.9 Å². The first-order chi connectivity index (χ1) is 21.1. The van der Waals surface area contributed by atoms with E-state index in [1.165, 1.54) is 5.69 Å². The summed E-state index contributed by atoms with van der Waals surface area (Å²) in [5, 5.41) is 6.78. The molecule has 1 amide bonds. The molecular weight excluding hydrogens is 564 g/mol. The van der Waals surface area contributed by atoms with E-state index in [1.807, 2.05) is 31.2 Å². The van der Waals surface area contributed by atoms with Crippen molar-refractivity contribution < 1.29 is 14.3 Å². The third kappa shape index (κ3) is 7.22. The number of nitrogens with one attached hydrogen (secondary N) is 2. The van der Waals surface area contributed by atoms with Gasteiger partial charge in [0.05, 0.1) is 37.3 Å². The van der Waals surface area contributed by atoms with E-state index in [-0.39, 0.29) is 11.9 Å². The Bertz CT molecular complexity index is 1400. The van der Waals surface area contributed by atoms with Crippen molar-refractivity contribution in [2.45, 2.75) is 57.5 Å². The Labute approximate surface area is 258 Å². The van der Waals surface area contributed by atoms with Crippen LogP contribution in [0.2, 0.25) is 5.02 Å². The molecule has 0 radical (unpaired) electrons. The standard InChI is InChI=1S/C33H41ClN6O3/c1-2-43-30-21-26(39-14-12-25(13-15-39)40-16-18-42-19-17-40)11-10-23(30)20-31-35-22-28(34)32(38-31)37-29-9-4-3-8-27(29)33(41)36-24-6-5-7-24/h3-4,8-11,21-22,24-25H,2,5-7,12-20H2,1H3,(H,36,41)(H,35,37,38). The van der Waals surface area contributed by atoms with Gasteiger partial charge in [0.25, 0.3) is 5.91 Å². The number of anilines is 3. The Hall–Kier alpha value is -3.40. The number of piperidine rings is 1. The van der Waals surface area contributed by atoms with Crippen molar-refractivity contribution in [2.24, 2.45) is 0 Å². The molecule has 1 aromatic heterocycles. The van der Waals surface area contributed by atoms with Gasteiger partial charge in [0.15, 0.2) is 5.82 Å². The fourth-order valence-electron chi connectivity index (χ4n) is 6.09. The number of hydrogen-bond donors (Lipinski definition) is 2. The molecule has 6 rings (SSSR count). The summed E-state index contributed by atoms with van der Waals surface area (Å²) in [6.45, 7) is 8.41. The number of carbonyl (C=O) groups excluding carboxylic acids is 1. The number of para-hydroxylation sites is 1. The monoisotopic (exact) mass is 604 g/mol. The normalized spacial score (nSPS) is 18.2. The highest BCUT2D eigenvalue weighted by Crippen LogP contribution is 2.31. The minimum absolute atomic E-state index is 0.0926. The van der Waals surface area contributed by atoms with Crippen molar-refractivity contribution in [3.05, 3.63) is 70.6 Å². The van der Waals surface area contributed by atoms with Crippen LogP contribution in [0.25, 0.3) is 0 Å². The summed E-state index contributed by atoms with van der Waals surface area (Å²) < 4.78 is 11.6. The lowest BCUT2D eigenvalue weighted by Gasteiger charge is -2.41. The average molecular weight is 605 g/mol. The number of hydrogen-bond acceptors (Lipinski definition) is 8. The van der Waals surface area contributed by atoms with Crippen molar-refractivity contribution in [3.63, 3.8) is 0 Å².